The van der Waals surface area contributed by atoms with Crippen molar-refractivity contribution in [2.24, 2.45) is 5.41 Å². The van der Waals surface area contributed by atoms with Gasteiger partial charge in [0.05, 0.1) is 31.4 Å². The van der Waals surface area contributed by atoms with E-state index in [1.165, 1.54) is 24.3 Å². The Morgan fingerprint density at radius 3 is 1.44 bits per heavy atom. The van der Waals surface area contributed by atoms with Gasteiger partial charge < -0.3 is 24.4 Å². The summed E-state index contributed by atoms with van der Waals surface area (Å²) in [6.45, 7) is -1.47. The van der Waals surface area contributed by atoms with E-state index in [1.54, 1.807) is 0 Å². The van der Waals surface area contributed by atoms with E-state index < -0.39 is 87.3 Å². The number of hydrogen-bond donors (Lipinski definition) is 3. The summed E-state index contributed by atoms with van der Waals surface area (Å²) in [6.07, 6.45) is -9.86. The lowest BCUT2D eigenvalue weighted by atomic mass is 9.87. The van der Waals surface area contributed by atoms with Crippen molar-refractivity contribution in [1.29, 1.82) is 0 Å². The number of benzene rings is 2. The predicted octanol–water partition coefficient (Wildman–Crippen LogP) is 1.15. The van der Waals surface area contributed by atoms with Crippen LogP contribution in [0.15, 0.2) is 24.3 Å². The van der Waals surface area contributed by atoms with Crippen molar-refractivity contribution in [2.45, 2.75) is 44.5 Å². The van der Waals surface area contributed by atoms with Gasteiger partial charge in [0.1, 0.15) is 47.0 Å². The highest BCUT2D eigenvalue weighted by atomic mass is 32.2. The molecule has 2 aromatic rings. The Morgan fingerprint density at radius 1 is 0.778 bits per heavy atom. The zero-order valence-corrected chi connectivity index (χ0v) is 24.6. The van der Waals surface area contributed by atoms with Crippen LogP contribution in [0.4, 0.5) is 13.2 Å². The van der Waals surface area contributed by atoms with Crippen LogP contribution in [0.3, 0.4) is 0 Å². The minimum atomic E-state index is -5.49. The maximum atomic E-state index is 13.5. The van der Waals surface area contributed by atoms with E-state index in [2.05, 4.69) is 4.74 Å². The summed E-state index contributed by atoms with van der Waals surface area (Å²) in [6, 6.07) is 5.47. The van der Waals surface area contributed by atoms with E-state index in [4.69, 9.17) is 45.4 Å². The first-order valence-corrected chi connectivity index (χ1v) is 14.5. The molecule has 1 atom stereocenters. The Labute approximate surface area is 262 Å². The third kappa shape index (κ3) is 9.45. The fourth-order valence-electron chi connectivity index (χ4n) is 3.89. The SMILES string of the molecule is [B]Cc1ccc(C[B])c(C(=O)OCC(C)(COC(=O)c2c(C[B])ccc(C[B])c2O)C(=O)OC(CS(=O)(=O)O)C(F)(F)F)c1O. The number of hydrogen-bond acceptors (Lipinski definition) is 10. The van der Waals surface area contributed by atoms with Gasteiger partial charge in [-0.2, -0.15) is 21.6 Å². The van der Waals surface area contributed by atoms with Crippen molar-refractivity contribution in [3.05, 3.63) is 57.6 Å². The van der Waals surface area contributed by atoms with Gasteiger partial charge >= 0.3 is 24.1 Å². The molecule has 11 nitrogen and oxygen atoms in total. The van der Waals surface area contributed by atoms with Crippen LogP contribution in [-0.4, -0.2) is 104 Å². The van der Waals surface area contributed by atoms with Gasteiger partial charge in [-0.05, 0) is 29.2 Å². The number of ether oxygens (including phenoxy) is 3. The lowest BCUT2D eigenvalue weighted by Crippen LogP contribution is -2.46. The Morgan fingerprint density at radius 2 is 1.13 bits per heavy atom. The number of phenols is 2. The summed E-state index contributed by atoms with van der Waals surface area (Å²) < 4.78 is 86.6. The molecular weight excluding hydrogens is 621 g/mol. The molecule has 0 amide bonds. The molecule has 1 unspecified atom stereocenters. The Hall–Kier alpha value is -3.59. The predicted molar refractivity (Wildman–Crippen MR) is 155 cm³/mol. The normalized spacial score (nSPS) is 12.7. The van der Waals surface area contributed by atoms with Crippen LogP contribution < -0.4 is 0 Å². The largest absolute Gasteiger partial charge is 0.507 e. The lowest BCUT2D eigenvalue weighted by molar-refractivity contribution is -0.222. The highest BCUT2D eigenvalue weighted by Crippen LogP contribution is 2.32. The Bertz CT molecular complexity index is 1460. The molecule has 0 bridgehead atoms. The highest BCUT2D eigenvalue weighted by Gasteiger charge is 2.49. The second-order valence-electron chi connectivity index (χ2n) is 9.93. The van der Waals surface area contributed by atoms with Crippen LogP contribution in [-0.2, 0) is 54.4 Å². The summed E-state index contributed by atoms with van der Waals surface area (Å²) in [5.74, 6) is -7.79. The highest BCUT2D eigenvalue weighted by molar-refractivity contribution is 7.85. The number of alkyl halides is 3. The number of carbonyl (C=O) groups is 3. The molecule has 2 aromatic carbocycles. The fraction of sp³-hybridized carbons (Fsp3) is 0.423. The molecule has 0 saturated carbocycles. The fourth-order valence-corrected chi connectivity index (χ4v) is 4.53. The van der Waals surface area contributed by atoms with Gasteiger partial charge in [-0.1, -0.05) is 49.5 Å². The van der Waals surface area contributed by atoms with E-state index >= 15 is 0 Å². The average Bonchev–Trinajstić information content (AvgIpc) is 2.96. The molecule has 19 heteroatoms. The van der Waals surface area contributed by atoms with Crippen molar-refractivity contribution >= 4 is 59.4 Å². The van der Waals surface area contributed by atoms with Crippen molar-refractivity contribution in [3.8, 4) is 11.5 Å². The minimum Gasteiger partial charge on any atom is -0.507 e. The number of esters is 3. The monoisotopic (exact) mass is 646 g/mol. The van der Waals surface area contributed by atoms with Crippen LogP contribution in [0.25, 0.3) is 0 Å². The summed E-state index contributed by atoms with van der Waals surface area (Å²) in [5.41, 5.74) is -3.08. The second kappa shape index (κ2) is 15.1. The number of carbonyl (C=O) groups excluding carboxylic acids is 3. The molecule has 8 radical (unpaired) electrons. The molecule has 0 heterocycles. The van der Waals surface area contributed by atoms with Gasteiger partial charge in [0, 0.05) is 0 Å². The van der Waals surface area contributed by atoms with Gasteiger partial charge in [-0.15, -0.1) is 0 Å². The number of aromatic hydroxyl groups is 2. The lowest BCUT2D eigenvalue weighted by Gasteiger charge is -2.29. The van der Waals surface area contributed by atoms with Crippen molar-refractivity contribution in [3.63, 3.8) is 0 Å². The summed E-state index contributed by atoms with van der Waals surface area (Å²) >= 11 is 0. The molecule has 2 rings (SSSR count). The van der Waals surface area contributed by atoms with Gasteiger partial charge in [0.15, 0.2) is 0 Å². The Balaban J connectivity index is 2.50. The van der Waals surface area contributed by atoms with Crippen LogP contribution in [0.1, 0.15) is 49.9 Å². The van der Waals surface area contributed by atoms with Crippen molar-refractivity contribution < 1.29 is 64.9 Å². The quantitative estimate of drug-likeness (QED) is 0.116. The number of rotatable bonds is 14. The van der Waals surface area contributed by atoms with E-state index in [0.717, 1.165) is 6.92 Å². The van der Waals surface area contributed by atoms with Crippen LogP contribution in [0.2, 0.25) is 0 Å². The van der Waals surface area contributed by atoms with Crippen molar-refractivity contribution in [1.82, 2.24) is 0 Å². The summed E-state index contributed by atoms with van der Waals surface area (Å²) in [4.78, 5) is 39.2. The maximum Gasteiger partial charge on any atom is 0.426 e. The standard InChI is InChI=1S/C26H25B4F3O11S/c1-25(24(38)44-17(26(31,32)33)10-45(39,40)41,11-42-22(36)18-13(6-27)2-4-15(8-29)20(18)34)12-43-23(37)19-14(7-28)3-5-16(9-30)21(19)35/h2-5,17,34-35H,6-12H2,1H3,(H,39,40,41). The smallest absolute Gasteiger partial charge is 0.426 e. The Kier molecular flexibility index (Phi) is 12.6. The van der Waals surface area contributed by atoms with E-state index in [9.17, 15) is 46.2 Å². The minimum absolute atomic E-state index is 0.0697. The molecular formula is C26H25B4F3O11S. The first kappa shape index (κ1) is 37.6. The van der Waals surface area contributed by atoms with E-state index in [1.807, 2.05) is 0 Å². The topological polar surface area (TPSA) is 174 Å². The summed E-state index contributed by atoms with van der Waals surface area (Å²) in [7, 11) is 17.0. The van der Waals surface area contributed by atoms with Crippen molar-refractivity contribution in [2.75, 3.05) is 19.0 Å². The zero-order valence-electron chi connectivity index (χ0n) is 23.8. The van der Waals surface area contributed by atoms with E-state index in [0.29, 0.717) is 0 Å². The molecule has 0 aromatic heterocycles. The molecule has 0 fully saturated rings. The van der Waals surface area contributed by atoms with Crippen LogP contribution >= 0.6 is 0 Å². The summed E-state index contributed by atoms with van der Waals surface area (Å²) in [5, 5.41) is 21.0. The van der Waals surface area contributed by atoms with E-state index in [-0.39, 0.29) is 47.5 Å². The zero-order chi connectivity index (χ0) is 34.3. The maximum absolute atomic E-state index is 13.5. The van der Waals surface area contributed by atoms with Gasteiger partial charge in [-0.3, -0.25) is 9.35 Å². The van der Waals surface area contributed by atoms with Gasteiger partial charge in [0.25, 0.3) is 10.1 Å². The van der Waals surface area contributed by atoms with Gasteiger partial charge in [0.2, 0.25) is 6.10 Å². The number of halogens is 3. The average molecular weight is 646 g/mol. The third-order valence-electron chi connectivity index (χ3n) is 6.50. The molecule has 0 spiro atoms. The van der Waals surface area contributed by atoms with Crippen LogP contribution in [0.5, 0.6) is 11.5 Å². The third-order valence-corrected chi connectivity index (χ3v) is 7.22. The number of phenolic OH excluding ortho intramolecular Hbond substituents is 2. The second-order valence-corrected chi connectivity index (χ2v) is 11.4. The molecule has 0 aliphatic rings. The molecule has 3 N–H and O–H groups in total. The molecule has 0 aliphatic carbocycles. The first-order chi connectivity index (χ1) is 20.8. The van der Waals surface area contributed by atoms with Crippen LogP contribution in [0, 0.1) is 5.41 Å². The molecule has 0 saturated heterocycles. The van der Waals surface area contributed by atoms with Gasteiger partial charge in [-0.25, -0.2) is 9.59 Å². The molecule has 234 valence electrons. The first-order valence-electron chi connectivity index (χ1n) is 12.9. The molecule has 0 aliphatic heterocycles. The molecule has 45 heavy (non-hydrogen) atoms.